The highest BCUT2D eigenvalue weighted by Gasteiger charge is 2.24. The van der Waals surface area contributed by atoms with Gasteiger partial charge in [-0.1, -0.05) is 42.5 Å². The predicted molar refractivity (Wildman–Crippen MR) is 155 cm³/mol. The van der Waals surface area contributed by atoms with Crippen molar-refractivity contribution in [3.8, 4) is 0 Å². The average Bonchev–Trinajstić information content (AvgIpc) is 2.98. The van der Waals surface area contributed by atoms with Gasteiger partial charge in [-0.25, -0.2) is 23.0 Å². The van der Waals surface area contributed by atoms with Crippen molar-refractivity contribution in [2.75, 3.05) is 10.6 Å². The van der Waals surface area contributed by atoms with Gasteiger partial charge in [0.1, 0.15) is 11.9 Å². The van der Waals surface area contributed by atoms with Crippen LogP contribution >= 0.6 is 0 Å². The molecular formula is C30H25N5O5S. The third-order valence-electron chi connectivity index (χ3n) is 6.31. The molecule has 206 valence electrons. The largest absolute Gasteiger partial charge is 0.480 e. The van der Waals surface area contributed by atoms with Gasteiger partial charge in [-0.15, -0.1) is 0 Å². The van der Waals surface area contributed by atoms with E-state index in [-0.39, 0.29) is 21.9 Å². The number of carboxylic acid groups (broad SMARTS) is 1. The van der Waals surface area contributed by atoms with Gasteiger partial charge in [0.15, 0.2) is 0 Å². The van der Waals surface area contributed by atoms with Crippen LogP contribution in [0.5, 0.6) is 0 Å². The molecule has 0 aliphatic carbocycles. The number of aromatic nitrogens is 2. The van der Waals surface area contributed by atoms with Crippen LogP contribution in [0.15, 0.2) is 119 Å². The Balaban J connectivity index is 1.26. The monoisotopic (exact) mass is 567 g/mol. The molecule has 2 amide bonds. The number of para-hydroxylation sites is 1. The third-order valence-corrected chi connectivity index (χ3v) is 8.13. The molecule has 11 heteroatoms. The van der Waals surface area contributed by atoms with Gasteiger partial charge in [0.25, 0.3) is 0 Å². The lowest BCUT2D eigenvalue weighted by atomic mass is 10.1. The normalized spacial score (nSPS) is 11.9. The molecule has 2 heterocycles. The van der Waals surface area contributed by atoms with E-state index in [4.69, 9.17) is 0 Å². The Morgan fingerprint density at radius 2 is 1.56 bits per heavy atom. The zero-order valence-corrected chi connectivity index (χ0v) is 22.4. The molecule has 0 aliphatic heterocycles. The minimum Gasteiger partial charge on any atom is -0.480 e. The molecule has 4 N–H and O–H groups in total. The zero-order valence-electron chi connectivity index (χ0n) is 21.6. The highest BCUT2D eigenvalue weighted by molar-refractivity contribution is 7.91. The summed E-state index contributed by atoms with van der Waals surface area (Å²) in [4.78, 5) is 33.3. The number of fused-ring (bicyclic) bond motifs is 1. The summed E-state index contributed by atoms with van der Waals surface area (Å²) < 4.78 is 26.3. The van der Waals surface area contributed by atoms with Crippen molar-refractivity contribution in [3.63, 3.8) is 0 Å². The molecule has 0 bridgehead atoms. The fourth-order valence-electron chi connectivity index (χ4n) is 4.25. The minimum atomic E-state index is -3.92. The van der Waals surface area contributed by atoms with Gasteiger partial charge in [0, 0.05) is 36.1 Å². The molecule has 0 unspecified atom stereocenters. The first-order chi connectivity index (χ1) is 19.8. The van der Waals surface area contributed by atoms with Crippen molar-refractivity contribution >= 4 is 49.8 Å². The molecule has 5 rings (SSSR count). The van der Waals surface area contributed by atoms with E-state index in [0.717, 1.165) is 16.5 Å². The van der Waals surface area contributed by atoms with E-state index in [1.165, 1.54) is 24.3 Å². The Morgan fingerprint density at radius 3 is 2.32 bits per heavy atom. The van der Waals surface area contributed by atoms with Crippen LogP contribution < -0.4 is 16.0 Å². The maximum Gasteiger partial charge on any atom is 0.326 e. The van der Waals surface area contributed by atoms with E-state index in [1.54, 1.807) is 73.2 Å². The fraction of sp³-hybridized carbons (Fsp3) is 0.0667. The molecule has 1 atom stereocenters. The van der Waals surface area contributed by atoms with Gasteiger partial charge >= 0.3 is 12.0 Å². The lowest BCUT2D eigenvalue weighted by molar-refractivity contribution is -0.139. The van der Waals surface area contributed by atoms with Crippen molar-refractivity contribution in [2.45, 2.75) is 22.3 Å². The number of nitrogens with zero attached hydrogens (tertiary/aromatic N) is 2. The number of urea groups is 1. The summed E-state index contributed by atoms with van der Waals surface area (Å²) in [6, 6.07) is 22.5. The van der Waals surface area contributed by atoms with Crippen LogP contribution in [-0.4, -0.2) is 41.5 Å². The number of carbonyl (C=O) groups is 2. The predicted octanol–water partition coefficient (Wildman–Crippen LogP) is 5.02. The van der Waals surface area contributed by atoms with Gasteiger partial charge in [0.2, 0.25) is 9.84 Å². The van der Waals surface area contributed by atoms with E-state index in [1.807, 2.05) is 12.1 Å². The number of sulfone groups is 1. The fourth-order valence-corrected chi connectivity index (χ4v) is 5.69. The number of pyridine rings is 2. The molecule has 0 radical (unpaired) electrons. The van der Waals surface area contributed by atoms with Crippen molar-refractivity contribution in [2.24, 2.45) is 0 Å². The van der Waals surface area contributed by atoms with Crippen LogP contribution in [0.1, 0.15) is 5.56 Å². The van der Waals surface area contributed by atoms with Gasteiger partial charge in [-0.05, 0) is 59.5 Å². The molecule has 5 aromatic rings. The first-order valence-electron chi connectivity index (χ1n) is 12.6. The highest BCUT2D eigenvalue weighted by Crippen LogP contribution is 2.28. The summed E-state index contributed by atoms with van der Waals surface area (Å²) in [6.07, 6.45) is 5.13. The van der Waals surface area contributed by atoms with Crippen LogP contribution in [-0.2, 0) is 21.1 Å². The summed E-state index contributed by atoms with van der Waals surface area (Å²) in [5.41, 5.74) is 1.44. The number of carboxylic acids is 1. The number of hydrogen-bond donors (Lipinski definition) is 4. The van der Waals surface area contributed by atoms with E-state index in [2.05, 4.69) is 25.9 Å². The van der Waals surface area contributed by atoms with Crippen LogP contribution in [0.3, 0.4) is 0 Å². The molecule has 10 nitrogen and oxygen atoms in total. The first kappa shape index (κ1) is 27.3. The van der Waals surface area contributed by atoms with Crippen molar-refractivity contribution in [1.29, 1.82) is 0 Å². The van der Waals surface area contributed by atoms with Crippen molar-refractivity contribution < 1.29 is 23.1 Å². The lowest BCUT2D eigenvalue weighted by Gasteiger charge is -2.17. The molecule has 0 saturated heterocycles. The number of nitrogens with one attached hydrogen (secondary N) is 3. The summed E-state index contributed by atoms with van der Waals surface area (Å²) in [5, 5.41) is 19.8. The second-order valence-electron chi connectivity index (χ2n) is 9.08. The molecule has 0 saturated carbocycles. The number of rotatable bonds is 9. The van der Waals surface area contributed by atoms with E-state index >= 15 is 0 Å². The summed E-state index contributed by atoms with van der Waals surface area (Å²) in [6.45, 7) is 0. The Bertz CT molecular complexity index is 1810. The van der Waals surface area contributed by atoms with Gasteiger partial charge in [0.05, 0.1) is 15.5 Å². The van der Waals surface area contributed by atoms with E-state index < -0.39 is 27.9 Å². The van der Waals surface area contributed by atoms with Crippen molar-refractivity contribution in [1.82, 2.24) is 15.3 Å². The molecular weight excluding hydrogens is 542 g/mol. The minimum absolute atomic E-state index is 0.00340. The second kappa shape index (κ2) is 11.8. The van der Waals surface area contributed by atoms with Crippen LogP contribution in [0.4, 0.5) is 22.0 Å². The average molecular weight is 568 g/mol. The SMILES string of the molecule is O=C(Nc1ccccc1S(=O)(=O)c1ccccc1)N[C@@H](Cc1ccc(Nc2nccc3ccncc23)cc1)C(=O)O. The zero-order chi connectivity index (χ0) is 28.8. The Hall–Kier alpha value is -5.29. The number of carbonyl (C=O) groups excluding carboxylic acids is 1. The number of benzene rings is 3. The highest BCUT2D eigenvalue weighted by atomic mass is 32.2. The quantitative estimate of drug-likeness (QED) is 0.194. The summed E-state index contributed by atoms with van der Waals surface area (Å²) in [7, 11) is -3.92. The van der Waals surface area contributed by atoms with Crippen LogP contribution in [0, 0.1) is 0 Å². The molecule has 0 aliphatic rings. The Labute approximate surface area is 236 Å². The maximum absolute atomic E-state index is 13.1. The van der Waals surface area contributed by atoms with E-state index in [0.29, 0.717) is 11.4 Å². The maximum atomic E-state index is 13.1. The molecule has 0 spiro atoms. The molecule has 0 fully saturated rings. The van der Waals surface area contributed by atoms with Crippen LogP contribution in [0.25, 0.3) is 10.8 Å². The number of aliphatic carboxylic acids is 1. The summed E-state index contributed by atoms with van der Waals surface area (Å²) >= 11 is 0. The van der Waals surface area contributed by atoms with Gasteiger partial charge < -0.3 is 21.1 Å². The van der Waals surface area contributed by atoms with Gasteiger partial charge in [-0.2, -0.15) is 0 Å². The van der Waals surface area contributed by atoms with Gasteiger partial charge in [-0.3, -0.25) is 4.98 Å². The number of amides is 2. The van der Waals surface area contributed by atoms with Crippen molar-refractivity contribution in [3.05, 3.63) is 115 Å². The van der Waals surface area contributed by atoms with Crippen LogP contribution in [0.2, 0.25) is 0 Å². The third kappa shape index (κ3) is 6.31. The Morgan fingerprint density at radius 1 is 0.854 bits per heavy atom. The topological polar surface area (TPSA) is 150 Å². The first-order valence-corrected chi connectivity index (χ1v) is 14.0. The Kier molecular flexibility index (Phi) is 7.88. The summed E-state index contributed by atoms with van der Waals surface area (Å²) in [5.74, 6) is -0.598. The van der Waals surface area contributed by atoms with E-state index in [9.17, 15) is 23.1 Å². The smallest absolute Gasteiger partial charge is 0.326 e. The molecule has 2 aromatic heterocycles. The molecule has 41 heavy (non-hydrogen) atoms. The number of anilines is 3. The molecule has 3 aromatic carbocycles. The number of hydrogen-bond acceptors (Lipinski definition) is 7. The standard InChI is InChI=1S/C30H25N5O5S/c36-29(37)26(18-20-10-12-22(13-11-20)33-28-24-19-31-16-14-21(24)15-17-32-28)35-30(38)34-25-8-4-5-9-27(25)41(39,40)23-6-2-1-3-7-23/h1-17,19,26H,18H2,(H,32,33)(H,36,37)(H2,34,35,38)/t26-/m0/s1. The second-order valence-corrected chi connectivity index (χ2v) is 11.0. The lowest BCUT2D eigenvalue weighted by Crippen LogP contribution is -2.44.